The van der Waals surface area contributed by atoms with Gasteiger partial charge in [0.05, 0.1) is 19.3 Å². The standard InChI is InChI=1S/C26H31N3O5/c1-6-33-21-11-9-20(10-12-21)28-25-22(8-7-13-27-25)26(31)34-16-24(30)23-14-17(2)29(19(23)4)18(3)15-32-5/h7-14,18H,6,15-16H2,1-5H3,(H,27,28)/t18-/m0/s1. The minimum Gasteiger partial charge on any atom is -0.494 e. The van der Waals surface area contributed by atoms with Gasteiger partial charge in [-0.2, -0.15) is 0 Å². The summed E-state index contributed by atoms with van der Waals surface area (Å²) in [4.78, 5) is 29.9. The molecule has 3 rings (SSSR count). The summed E-state index contributed by atoms with van der Waals surface area (Å²) in [6.45, 7) is 8.52. The molecule has 2 aromatic heterocycles. The molecule has 0 saturated heterocycles. The molecule has 1 aromatic carbocycles. The topological polar surface area (TPSA) is 91.7 Å². The number of nitrogens with one attached hydrogen (secondary N) is 1. The maximum Gasteiger partial charge on any atom is 0.342 e. The molecule has 0 unspecified atom stereocenters. The normalized spacial score (nSPS) is 11.7. The number of anilines is 2. The molecule has 8 heteroatoms. The van der Waals surface area contributed by atoms with E-state index < -0.39 is 5.97 Å². The van der Waals surface area contributed by atoms with Crippen LogP contribution in [0.3, 0.4) is 0 Å². The average Bonchev–Trinajstić information content (AvgIpc) is 3.13. The number of aromatic nitrogens is 2. The van der Waals surface area contributed by atoms with Crippen LogP contribution in [0, 0.1) is 13.8 Å². The van der Waals surface area contributed by atoms with Gasteiger partial charge < -0.3 is 24.1 Å². The van der Waals surface area contributed by atoms with Gasteiger partial charge in [0.25, 0.3) is 0 Å². The van der Waals surface area contributed by atoms with Gasteiger partial charge in [-0.1, -0.05) is 0 Å². The third-order valence-electron chi connectivity index (χ3n) is 5.42. The molecule has 0 bridgehead atoms. The number of pyridine rings is 1. The molecule has 34 heavy (non-hydrogen) atoms. The fraction of sp³-hybridized carbons (Fsp3) is 0.346. The number of benzene rings is 1. The lowest BCUT2D eigenvalue weighted by molar-refractivity contribution is 0.0475. The fourth-order valence-electron chi connectivity index (χ4n) is 3.95. The van der Waals surface area contributed by atoms with Gasteiger partial charge in [-0.3, -0.25) is 4.79 Å². The van der Waals surface area contributed by atoms with Crippen LogP contribution in [0.15, 0.2) is 48.7 Å². The zero-order chi connectivity index (χ0) is 24.7. The van der Waals surface area contributed by atoms with Crippen molar-refractivity contribution in [3.63, 3.8) is 0 Å². The van der Waals surface area contributed by atoms with Crippen LogP contribution >= 0.6 is 0 Å². The molecule has 3 aromatic rings. The molecular formula is C26H31N3O5. The van der Waals surface area contributed by atoms with Gasteiger partial charge in [0.2, 0.25) is 5.78 Å². The maximum atomic E-state index is 12.8. The first kappa shape index (κ1) is 25.0. The van der Waals surface area contributed by atoms with Crippen LogP contribution in [0.1, 0.15) is 52.0 Å². The van der Waals surface area contributed by atoms with Crippen molar-refractivity contribution >= 4 is 23.3 Å². The van der Waals surface area contributed by atoms with Crippen LogP contribution in [0.2, 0.25) is 0 Å². The highest BCUT2D eigenvalue weighted by atomic mass is 16.5. The van der Waals surface area contributed by atoms with E-state index in [1.807, 2.05) is 58.0 Å². The fourth-order valence-corrected chi connectivity index (χ4v) is 3.95. The van der Waals surface area contributed by atoms with Crippen molar-refractivity contribution in [2.45, 2.75) is 33.7 Å². The number of hydrogen-bond acceptors (Lipinski definition) is 7. The van der Waals surface area contributed by atoms with E-state index in [1.165, 1.54) is 0 Å². The number of ether oxygens (including phenoxy) is 3. The number of Topliss-reactive ketones (excluding diaryl/α,β-unsaturated/α-hetero) is 1. The molecule has 1 atom stereocenters. The number of carbonyl (C=O) groups is 2. The highest BCUT2D eigenvalue weighted by Crippen LogP contribution is 2.23. The Morgan fingerprint density at radius 1 is 1.12 bits per heavy atom. The quantitative estimate of drug-likeness (QED) is 0.318. The molecule has 0 aliphatic carbocycles. The Labute approximate surface area is 199 Å². The van der Waals surface area contributed by atoms with E-state index >= 15 is 0 Å². The second-order valence-corrected chi connectivity index (χ2v) is 7.94. The second-order valence-electron chi connectivity index (χ2n) is 7.94. The summed E-state index contributed by atoms with van der Waals surface area (Å²) < 4.78 is 18.1. The molecule has 0 aliphatic heterocycles. The van der Waals surface area contributed by atoms with Gasteiger partial charge in [0.15, 0.2) is 6.61 Å². The number of hydrogen-bond donors (Lipinski definition) is 1. The smallest absolute Gasteiger partial charge is 0.342 e. The van der Waals surface area contributed by atoms with Crippen molar-refractivity contribution in [3.8, 4) is 5.75 Å². The van der Waals surface area contributed by atoms with E-state index in [-0.39, 0.29) is 24.0 Å². The van der Waals surface area contributed by atoms with Crippen LogP contribution in [-0.4, -0.2) is 48.2 Å². The second kappa shape index (κ2) is 11.5. The van der Waals surface area contributed by atoms with Crippen LogP contribution < -0.4 is 10.1 Å². The molecule has 0 radical (unpaired) electrons. The number of esters is 1. The van der Waals surface area contributed by atoms with E-state index in [0.717, 1.165) is 22.8 Å². The lowest BCUT2D eigenvalue weighted by Crippen LogP contribution is -2.17. The van der Waals surface area contributed by atoms with Crippen molar-refractivity contribution in [3.05, 3.63) is 71.2 Å². The average molecular weight is 466 g/mol. The Hall–Kier alpha value is -3.65. The molecular weight excluding hydrogens is 434 g/mol. The van der Waals surface area contributed by atoms with Crippen molar-refractivity contribution in [1.29, 1.82) is 0 Å². The van der Waals surface area contributed by atoms with Gasteiger partial charge in [-0.25, -0.2) is 9.78 Å². The van der Waals surface area contributed by atoms with Gasteiger partial charge in [-0.15, -0.1) is 0 Å². The van der Waals surface area contributed by atoms with Gasteiger partial charge in [0.1, 0.15) is 17.1 Å². The van der Waals surface area contributed by atoms with Crippen LogP contribution in [0.4, 0.5) is 11.5 Å². The van der Waals surface area contributed by atoms with E-state index in [0.29, 0.717) is 24.6 Å². The van der Waals surface area contributed by atoms with Crippen molar-refractivity contribution in [2.75, 3.05) is 32.2 Å². The van der Waals surface area contributed by atoms with E-state index in [1.54, 1.807) is 25.4 Å². The molecule has 1 N–H and O–H groups in total. The van der Waals surface area contributed by atoms with Crippen LogP contribution in [0.25, 0.3) is 0 Å². The summed E-state index contributed by atoms with van der Waals surface area (Å²) in [6, 6.07) is 12.5. The minimum absolute atomic E-state index is 0.0840. The Balaban J connectivity index is 1.69. The van der Waals surface area contributed by atoms with Crippen LogP contribution in [0.5, 0.6) is 5.75 Å². The van der Waals surface area contributed by atoms with Crippen molar-refractivity contribution in [1.82, 2.24) is 9.55 Å². The molecule has 180 valence electrons. The summed E-state index contributed by atoms with van der Waals surface area (Å²) in [5, 5.41) is 3.12. The molecule has 0 amide bonds. The van der Waals surface area contributed by atoms with Crippen LogP contribution in [-0.2, 0) is 9.47 Å². The molecule has 2 heterocycles. The highest BCUT2D eigenvalue weighted by molar-refractivity contribution is 6.01. The van der Waals surface area contributed by atoms with Crippen molar-refractivity contribution < 1.29 is 23.8 Å². The maximum absolute atomic E-state index is 12.8. The van der Waals surface area contributed by atoms with E-state index in [4.69, 9.17) is 14.2 Å². The first-order valence-electron chi connectivity index (χ1n) is 11.2. The number of carbonyl (C=O) groups excluding carboxylic acids is 2. The highest BCUT2D eigenvalue weighted by Gasteiger charge is 2.21. The molecule has 0 saturated carbocycles. The number of rotatable bonds is 11. The number of ketones is 1. The number of methoxy groups -OCH3 is 1. The predicted octanol–water partition coefficient (Wildman–Crippen LogP) is 4.89. The monoisotopic (exact) mass is 465 g/mol. The summed E-state index contributed by atoms with van der Waals surface area (Å²) in [7, 11) is 1.65. The number of aryl methyl sites for hydroxylation is 1. The Morgan fingerprint density at radius 2 is 1.85 bits per heavy atom. The van der Waals surface area contributed by atoms with Crippen molar-refractivity contribution in [2.24, 2.45) is 0 Å². The Bertz CT molecular complexity index is 1140. The Kier molecular flexibility index (Phi) is 8.43. The van der Waals surface area contributed by atoms with E-state index in [2.05, 4.69) is 14.9 Å². The van der Waals surface area contributed by atoms with Gasteiger partial charge in [-0.05, 0) is 70.2 Å². The minimum atomic E-state index is -0.628. The summed E-state index contributed by atoms with van der Waals surface area (Å²) in [6.07, 6.45) is 1.58. The first-order chi connectivity index (χ1) is 16.3. The lowest BCUT2D eigenvalue weighted by Gasteiger charge is -2.17. The third-order valence-corrected chi connectivity index (χ3v) is 5.42. The predicted molar refractivity (Wildman–Crippen MR) is 130 cm³/mol. The molecule has 8 nitrogen and oxygen atoms in total. The lowest BCUT2D eigenvalue weighted by atomic mass is 10.1. The number of nitrogens with zero attached hydrogens (tertiary/aromatic N) is 2. The summed E-state index contributed by atoms with van der Waals surface area (Å²) >= 11 is 0. The van der Waals surface area contributed by atoms with E-state index in [9.17, 15) is 9.59 Å². The van der Waals surface area contributed by atoms with Gasteiger partial charge in [0, 0.05) is 35.9 Å². The summed E-state index contributed by atoms with van der Waals surface area (Å²) in [5.41, 5.74) is 3.29. The summed E-state index contributed by atoms with van der Waals surface area (Å²) in [5.74, 6) is 0.206. The zero-order valence-electron chi connectivity index (χ0n) is 20.3. The first-order valence-corrected chi connectivity index (χ1v) is 11.2. The Morgan fingerprint density at radius 3 is 2.53 bits per heavy atom. The third kappa shape index (κ3) is 5.82. The molecule has 0 spiro atoms. The SMILES string of the molecule is CCOc1ccc(Nc2ncccc2C(=O)OCC(=O)c2cc(C)n([C@@H](C)COC)c2C)cc1. The molecule has 0 aliphatic rings. The van der Waals surface area contributed by atoms with Gasteiger partial charge >= 0.3 is 5.97 Å². The largest absolute Gasteiger partial charge is 0.494 e. The zero-order valence-corrected chi connectivity index (χ0v) is 20.3. The molecule has 0 fully saturated rings.